The fourth-order valence-corrected chi connectivity index (χ4v) is 1.03. The van der Waals surface area contributed by atoms with Crippen molar-refractivity contribution in [3.8, 4) is 0 Å². The smallest absolute Gasteiger partial charge is 0.426 e. The number of rotatable bonds is 4. The molecule has 3 nitrogen and oxygen atoms in total. The van der Waals surface area contributed by atoms with Gasteiger partial charge in [0.2, 0.25) is 0 Å². The molecule has 0 radical (unpaired) electrons. The number of aliphatic carboxylic acids is 1. The molecule has 0 unspecified atom stereocenters. The standard InChI is InChI=1S/C11H9F3O3/c12-11(13,14)9(10(15)16)7-17-6-8-4-2-1-3-5-8/h1-5,7H,6H2,(H,15,16)/b9-7+. The van der Waals surface area contributed by atoms with Crippen LogP contribution in [0.3, 0.4) is 0 Å². The van der Waals surface area contributed by atoms with Crippen molar-refractivity contribution < 1.29 is 27.8 Å². The van der Waals surface area contributed by atoms with E-state index in [0.717, 1.165) is 0 Å². The lowest BCUT2D eigenvalue weighted by atomic mass is 10.2. The van der Waals surface area contributed by atoms with Gasteiger partial charge in [-0.3, -0.25) is 0 Å². The van der Waals surface area contributed by atoms with Gasteiger partial charge in [0.25, 0.3) is 0 Å². The molecule has 0 aliphatic carbocycles. The summed E-state index contributed by atoms with van der Waals surface area (Å²) in [5.41, 5.74) is -1.08. The van der Waals surface area contributed by atoms with E-state index in [1.54, 1.807) is 30.3 Å². The first kappa shape index (κ1) is 13.1. The van der Waals surface area contributed by atoms with Crippen molar-refractivity contribution in [3.05, 3.63) is 47.7 Å². The number of carboxylic acid groups (broad SMARTS) is 1. The monoisotopic (exact) mass is 246 g/mol. The normalized spacial score (nSPS) is 12.3. The third kappa shape index (κ3) is 4.18. The van der Waals surface area contributed by atoms with Crippen molar-refractivity contribution in [2.75, 3.05) is 0 Å². The van der Waals surface area contributed by atoms with Crippen LogP contribution >= 0.6 is 0 Å². The molecule has 0 atom stereocenters. The fourth-order valence-electron chi connectivity index (χ4n) is 1.03. The summed E-state index contributed by atoms with van der Waals surface area (Å²) >= 11 is 0. The van der Waals surface area contributed by atoms with Gasteiger partial charge >= 0.3 is 12.1 Å². The largest absolute Gasteiger partial charge is 0.496 e. The highest BCUT2D eigenvalue weighted by Gasteiger charge is 2.39. The molecule has 0 heterocycles. The predicted molar refractivity (Wildman–Crippen MR) is 53.0 cm³/mol. The Morgan fingerprint density at radius 2 is 1.88 bits per heavy atom. The van der Waals surface area contributed by atoms with Crippen LogP contribution in [0.5, 0.6) is 0 Å². The van der Waals surface area contributed by atoms with Crippen LogP contribution in [-0.4, -0.2) is 17.3 Å². The van der Waals surface area contributed by atoms with Crippen molar-refractivity contribution in [3.63, 3.8) is 0 Å². The Kier molecular flexibility index (Phi) is 4.14. The molecule has 1 aromatic carbocycles. The van der Waals surface area contributed by atoms with Gasteiger partial charge in [0.05, 0.1) is 0 Å². The predicted octanol–water partition coefficient (Wildman–Crippen LogP) is 2.73. The topological polar surface area (TPSA) is 46.5 Å². The lowest BCUT2D eigenvalue weighted by Gasteiger charge is -2.07. The molecule has 1 aromatic rings. The molecule has 0 aromatic heterocycles. The molecular formula is C11H9F3O3. The lowest BCUT2D eigenvalue weighted by Crippen LogP contribution is -2.20. The number of hydrogen-bond donors (Lipinski definition) is 1. The zero-order valence-corrected chi connectivity index (χ0v) is 8.57. The zero-order valence-electron chi connectivity index (χ0n) is 8.57. The third-order valence-electron chi connectivity index (χ3n) is 1.83. The summed E-state index contributed by atoms with van der Waals surface area (Å²) in [5.74, 6) is -2.06. The first-order valence-corrected chi connectivity index (χ1v) is 4.57. The van der Waals surface area contributed by atoms with Gasteiger partial charge in [-0.1, -0.05) is 30.3 Å². The summed E-state index contributed by atoms with van der Waals surface area (Å²) in [6, 6.07) is 8.45. The Hall–Kier alpha value is -1.98. The summed E-state index contributed by atoms with van der Waals surface area (Å²) in [4.78, 5) is 10.3. The van der Waals surface area contributed by atoms with E-state index in [9.17, 15) is 18.0 Å². The lowest BCUT2D eigenvalue weighted by molar-refractivity contribution is -0.145. The van der Waals surface area contributed by atoms with Crippen molar-refractivity contribution in [1.29, 1.82) is 0 Å². The first-order chi connectivity index (χ1) is 7.91. The Balaban J connectivity index is 2.66. The van der Waals surface area contributed by atoms with Crippen LogP contribution < -0.4 is 0 Å². The zero-order chi connectivity index (χ0) is 12.9. The van der Waals surface area contributed by atoms with Crippen molar-refractivity contribution in [1.82, 2.24) is 0 Å². The molecule has 0 saturated carbocycles. The molecule has 17 heavy (non-hydrogen) atoms. The number of benzene rings is 1. The van der Waals surface area contributed by atoms with Gasteiger partial charge in [-0.15, -0.1) is 0 Å². The van der Waals surface area contributed by atoms with E-state index in [-0.39, 0.29) is 12.9 Å². The van der Waals surface area contributed by atoms with Gasteiger partial charge in [-0.05, 0) is 5.56 Å². The second-order valence-electron chi connectivity index (χ2n) is 3.13. The number of carbonyl (C=O) groups is 1. The van der Waals surface area contributed by atoms with Crippen molar-refractivity contribution in [2.24, 2.45) is 0 Å². The van der Waals surface area contributed by atoms with E-state index in [4.69, 9.17) is 5.11 Å². The molecule has 0 aliphatic rings. The highest BCUT2D eigenvalue weighted by atomic mass is 19.4. The summed E-state index contributed by atoms with van der Waals surface area (Å²) in [6.45, 7) is -0.117. The van der Waals surface area contributed by atoms with E-state index < -0.39 is 17.7 Å². The Bertz CT molecular complexity index is 410. The highest BCUT2D eigenvalue weighted by Crippen LogP contribution is 2.25. The maximum absolute atomic E-state index is 12.2. The molecule has 0 bridgehead atoms. The number of hydrogen-bond acceptors (Lipinski definition) is 2. The number of ether oxygens (including phenoxy) is 1. The van der Waals surface area contributed by atoms with Gasteiger partial charge in [0, 0.05) is 0 Å². The Labute approximate surface area is 95.1 Å². The summed E-state index contributed by atoms with van der Waals surface area (Å²) in [7, 11) is 0. The van der Waals surface area contributed by atoms with Crippen LogP contribution in [0.2, 0.25) is 0 Å². The highest BCUT2D eigenvalue weighted by molar-refractivity contribution is 5.87. The van der Waals surface area contributed by atoms with Crippen molar-refractivity contribution in [2.45, 2.75) is 12.8 Å². The summed E-state index contributed by atoms with van der Waals surface area (Å²) in [5, 5.41) is 8.34. The second-order valence-corrected chi connectivity index (χ2v) is 3.13. The molecule has 0 spiro atoms. The maximum Gasteiger partial charge on any atom is 0.426 e. The molecule has 1 rings (SSSR count). The molecule has 0 saturated heterocycles. The molecule has 0 aliphatic heterocycles. The van der Waals surface area contributed by atoms with Gasteiger partial charge in [0.15, 0.2) is 5.57 Å². The van der Waals surface area contributed by atoms with E-state index in [1.807, 2.05) is 0 Å². The molecule has 1 N–H and O–H groups in total. The third-order valence-corrected chi connectivity index (χ3v) is 1.83. The van der Waals surface area contributed by atoms with Crippen LogP contribution in [0.25, 0.3) is 0 Å². The average molecular weight is 246 g/mol. The maximum atomic E-state index is 12.2. The van der Waals surface area contributed by atoms with Crippen LogP contribution in [-0.2, 0) is 16.1 Å². The first-order valence-electron chi connectivity index (χ1n) is 4.57. The SMILES string of the molecule is O=C(O)/C(=C\OCc1ccccc1)C(F)(F)F. The summed E-state index contributed by atoms with van der Waals surface area (Å²) in [6.07, 6.45) is -4.71. The van der Waals surface area contributed by atoms with Crippen LogP contribution in [0.15, 0.2) is 42.2 Å². The molecular weight excluding hydrogens is 237 g/mol. The molecule has 6 heteroatoms. The Morgan fingerprint density at radius 3 is 2.35 bits per heavy atom. The fraction of sp³-hybridized carbons (Fsp3) is 0.182. The number of carboxylic acids is 1. The minimum atomic E-state index is -4.93. The molecule has 0 amide bonds. The van der Waals surface area contributed by atoms with Gasteiger partial charge in [-0.2, -0.15) is 13.2 Å². The van der Waals surface area contributed by atoms with E-state index in [0.29, 0.717) is 5.56 Å². The quantitative estimate of drug-likeness (QED) is 0.656. The van der Waals surface area contributed by atoms with Crippen LogP contribution in [0.4, 0.5) is 13.2 Å². The summed E-state index contributed by atoms with van der Waals surface area (Å²) < 4.78 is 41.1. The minimum Gasteiger partial charge on any atom is -0.496 e. The van der Waals surface area contributed by atoms with E-state index in [2.05, 4.69) is 4.74 Å². The van der Waals surface area contributed by atoms with Crippen LogP contribution in [0, 0.1) is 0 Å². The van der Waals surface area contributed by atoms with Gasteiger partial charge in [0.1, 0.15) is 12.9 Å². The number of halogens is 3. The van der Waals surface area contributed by atoms with Crippen molar-refractivity contribution >= 4 is 5.97 Å². The van der Waals surface area contributed by atoms with Gasteiger partial charge < -0.3 is 9.84 Å². The molecule has 92 valence electrons. The van der Waals surface area contributed by atoms with Gasteiger partial charge in [-0.25, -0.2) is 4.79 Å². The molecule has 0 fully saturated rings. The van der Waals surface area contributed by atoms with Crippen LogP contribution in [0.1, 0.15) is 5.56 Å². The average Bonchev–Trinajstić information content (AvgIpc) is 2.23. The van der Waals surface area contributed by atoms with E-state index >= 15 is 0 Å². The second kappa shape index (κ2) is 5.38. The Morgan fingerprint density at radius 1 is 1.29 bits per heavy atom. The minimum absolute atomic E-state index is 0.117. The van der Waals surface area contributed by atoms with E-state index in [1.165, 1.54) is 0 Å². The number of alkyl halides is 3.